The second-order valence-corrected chi connectivity index (χ2v) is 13.1. The maximum absolute atomic E-state index is 2.54. The molecule has 2 nitrogen and oxygen atoms in total. The summed E-state index contributed by atoms with van der Waals surface area (Å²) < 4.78 is 5.05. The highest BCUT2D eigenvalue weighted by molar-refractivity contribution is 6.10. The molecule has 0 N–H and O–H groups in total. The van der Waals surface area contributed by atoms with Gasteiger partial charge in [-0.3, -0.25) is 0 Å². The van der Waals surface area contributed by atoms with Gasteiger partial charge in [0, 0.05) is 56.7 Å². The summed E-state index contributed by atoms with van der Waals surface area (Å²) in [6, 6.07) is 48.9. The minimum atomic E-state index is 0.980. The number of aromatic nitrogens is 2. The summed E-state index contributed by atoms with van der Waals surface area (Å²) >= 11 is 0. The molecular weight excluding hydrogens is 581 g/mol. The van der Waals surface area contributed by atoms with E-state index in [9.17, 15) is 0 Å². The molecule has 0 radical (unpaired) electrons. The Morgan fingerprint density at radius 2 is 0.729 bits per heavy atom. The smallest absolute Gasteiger partial charge is 0.0491 e. The van der Waals surface area contributed by atoms with Crippen LogP contribution < -0.4 is 0 Å². The normalized spacial score (nSPS) is 12.1. The first-order chi connectivity index (χ1) is 23.6. The van der Waals surface area contributed by atoms with Crippen molar-refractivity contribution >= 4 is 67.9 Å². The largest absolute Gasteiger partial charge is 0.340 e. The number of rotatable bonds is 9. The van der Waals surface area contributed by atoms with Crippen LogP contribution in [0.25, 0.3) is 67.9 Å². The molecule has 0 bridgehead atoms. The third-order valence-corrected chi connectivity index (χ3v) is 9.70. The molecule has 8 rings (SSSR count). The first-order valence-corrected chi connectivity index (χ1v) is 17.1. The van der Waals surface area contributed by atoms with Crippen molar-refractivity contribution in [3.63, 3.8) is 0 Å². The molecule has 0 aliphatic heterocycles. The summed E-state index contributed by atoms with van der Waals surface area (Å²) in [6.45, 7) is 6.25. The molecule has 0 fully saturated rings. The second-order valence-electron chi connectivity index (χ2n) is 13.1. The fourth-order valence-electron chi connectivity index (χ4n) is 7.11. The molecule has 0 atom stereocenters. The molecule has 2 heteroatoms. The maximum Gasteiger partial charge on any atom is 0.0491 e. The van der Waals surface area contributed by atoms with Gasteiger partial charge in [0.2, 0.25) is 0 Å². The van der Waals surface area contributed by atoms with Gasteiger partial charge in [0.1, 0.15) is 0 Å². The van der Waals surface area contributed by atoms with Crippen molar-refractivity contribution in [3.8, 4) is 0 Å². The number of hydrogen-bond donors (Lipinski definition) is 0. The Hall–Kier alpha value is -5.60. The van der Waals surface area contributed by atoms with E-state index in [1.807, 2.05) is 0 Å². The Balaban J connectivity index is 1.11. The number of nitrogens with zero attached hydrogens (tertiary/aromatic N) is 2. The Kier molecular flexibility index (Phi) is 8.00. The van der Waals surface area contributed by atoms with Crippen LogP contribution >= 0.6 is 0 Å². The zero-order valence-electron chi connectivity index (χ0n) is 27.7. The van der Waals surface area contributed by atoms with Crippen LogP contribution in [0.1, 0.15) is 46.2 Å². The van der Waals surface area contributed by atoms with Crippen LogP contribution in [0, 0.1) is 13.8 Å². The molecule has 8 aromatic rings. The van der Waals surface area contributed by atoms with E-state index in [-0.39, 0.29) is 0 Å². The molecule has 0 saturated carbocycles. The fraction of sp³-hybridized carbons (Fsp3) is 0.130. The minimum Gasteiger partial charge on any atom is -0.340 e. The maximum atomic E-state index is 2.54. The summed E-state index contributed by atoms with van der Waals surface area (Å²) in [4.78, 5) is 0. The first-order valence-electron chi connectivity index (χ1n) is 17.1. The predicted molar refractivity (Wildman–Crippen MR) is 208 cm³/mol. The summed E-state index contributed by atoms with van der Waals surface area (Å²) in [6.07, 6.45) is 11.1. The number of benzene rings is 6. The summed E-state index contributed by atoms with van der Waals surface area (Å²) in [5, 5.41) is 5.30. The predicted octanol–water partition coefficient (Wildman–Crippen LogP) is 12.3. The Morgan fingerprint density at radius 3 is 1.17 bits per heavy atom. The van der Waals surface area contributed by atoms with E-state index in [1.54, 1.807) is 0 Å². The average molecular weight is 621 g/mol. The zero-order chi connectivity index (χ0) is 32.5. The Labute approximate surface area is 282 Å². The van der Waals surface area contributed by atoms with Gasteiger partial charge in [-0.15, -0.1) is 0 Å². The van der Waals surface area contributed by atoms with Crippen LogP contribution in [-0.4, -0.2) is 9.13 Å². The van der Waals surface area contributed by atoms with Crippen molar-refractivity contribution in [3.05, 3.63) is 167 Å². The third kappa shape index (κ3) is 5.87. The molecule has 48 heavy (non-hydrogen) atoms. The lowest BCUT2D eigenvalue weighted by Gasteiger charge is -2.10. The lowest BCUT2D eigenvalue weighted by Crippen LogP contribution is -2.02. The Morgan fingerprint density at radius 1 is 0.375 bits per heavy atom. The van der Waals surface area contributed by atoms with Crippen molar-refractivity contribution in [2.75, 3.05) is 0 Å². The molecule has 0 saturated heterocycles. The van der Waals surface area contributed by atoms with Gasteiger partial charge < -0.3 is 9.13 Å². The van der Waals surface area contributed by atoms with Crippen LogP contribution in [0.3, 0.4) is 0 Å². The standard InChI is InChI=1S/C46H40N2/c1-33-13-17-35(18-14-33)21-23-37-25-27-45-41(31-37)42-32-38(24-22-36-19-15-34(2)16-20-36)26-28-46(42)48(45)30-8-7-29-47-43-11-5-3-9-39(43)40-10-4-6-12-44(40)47/h3-6,9-28,31-32H,7-8,29-30H2,1-2H3/b23-21+,24-22+. The van der Waals surface area contributed by atoms with Gasteiger partial charge in [-0.1, -0.05) is 132 Å². The number of para-hydroxylation sites is 2. The molecule has 6 aromatic carbocycles. The fourth-order valence-corrected chi connectivity index (χ4v) is 7.11. The highest BCUT2D eigenvalue weighted by atomic mass is 15.0. The molecule has 2 heterocycles. The van der Waals surface area contributed by atoms with Crippen molar-refractivity contribution in [2.24, 2.45) is 0 Å². The minimum absolute atomic E-state index is 0.980. The van der Waals surface area contributed by atoms with Crippen molar-refractivity contribution in [2.45, 2.75) is 39.8 Å². The summed E-state index contributed by atoms with van der Waals surface area (Å²) in [5.41, 5.74) is 12.7. The number of unbranched alkanes of at least 4 members (excludes halogenated alkanes) is 1. The first kappa shape index (κ1) is 29.8. The second kappa shape index (κ2) is 12.9. The van der Waals surface area contributed by atoms with Gasteiger partial charge in [0.15, 0.2) is 0 Å². The molecule has 2 aromatic heterocycles. The van der Waals surface area contributed by atoms with Gasteiger partial charge in [-0.05, 0) is 85.3 Å². The van der Waals surface area contributed by atoms with Gasteiger partial charge in [-0.2, -0.15) is 0 Å². The number of fused-ring (bicyclic) bond motifs is 6. The number of aryl methyl sites for hydroxylation is 4. The van der Waals surface area contributed by atoms with Crippen molar-refractivity contribution in [1.82, 2.24) is 9.13 Å². The lowest BCUT2D eigenvalue weighted by molar-refractivity contribution is 0.583. The Bertz CT molecular complexity index is 2280. The van der Waals surface area contributed by atoms with Crippen LogP contribution in [0.5, 0.6) is 0 Å². The van der Waals surface area contributed by atoms with E-state index in [2.05, 4.69) is 181 Å². The highest BCUT2D eigenvalue weighted by Crippen LogP contribution is 2.33. The van der Waals surface area contributed by atoms with E-state index < -0.39 is 0 Å². The van der Waals surface area contributed by atoms with Crippen molar-refractivity contribution in [1.29, 1.82) is 0 Å². The van der Waals surface area contributed by atoms with E-state index >= 15 is 0 Å². The van der Waals surface area contributed by atoms with E-state index in [1.165, 1.54) is 77.0 Å². The van der Waals surface area contributed by atoms with Crippen LogP contribution in [0.15, 0.2) is 133 Å². The average Bonchev–Trinajstić information content (AvgIpc) is 3.61. The van der Waals surface area contributed by atoms with E-state index in [4.69, 9.17) is 0 Å². The number of hydrogen-bond acceptors (Lipinski definition) is 0. The quantitative estimate of drug-likeness (QED) is 0.112. The molecule has 0 amide bonds. The topological polar surface area (TPSA) is 9.86 Å². The van der Waals surface area contributed by atoms with Gasteiger partial charge in [0.05, 0.1) is 0 Å². The van der Waals surface area contributed by atoms with E-state index in [0.29, 0.717) is 0 Å². The molecular formula is C46H40N2. The van der Waals surface area contributed by atoms with E-state index in [0.717, 1.165) is 25.9 Å². The van der Waals surface area contributed by atoms with Gasteiger partial charge >= 0.3 is 0 Å². The third-order valence-electron chi connectivity index (χ3n) is 9.70. The van der Waals surface area contributed by atoms with Crippen LogP contribution in [0.2, 0.25) is 0 Å². The molecule has 0 spiro atoms. The molecule has 234 valence electrons. The van der Waals surface area contributed by atoms with Gasteiger partial charge in [0.25, 0.3) is 0 Å². The monoisotopic (exact) mass is 620 g/mol. The van der Waals surface area contributed by atoms with Crippen LogP contribution in [0.4, 0.5) is 0 Å². The molecule has 0 unspecified atom stereocenters. The molecule has 0 aliphatic rings. The SMILES string of the molecule is Cc1ccc(/C=C/c2ccc3c(c2)c2cc(/C=C/c4ccc(C)cc4)ccc2n3CCCCn2c3ccccc3c3ccccc32)cc1. The summed E-state index contributed by atoms with van der Waals surface area (Å²) in [5.74, 6) is 0. The van der Waals surface area contributed by atoms with Crippen LogP contribution in [-0.2, 0) is 13.1 Å². The molecule has 0 aliphatic carbocycles. The van der Waals surface area contributed by atoms with Crippen molar-refractivity contribution < 1.29 is 0 Å². The lowest BCUT2D eigenvalue weighted by atomic mass is 10.0. The highest BCUT2D eigenvalue weighted by Gasteiger charge is 2.13. The zero-order valence-corrected chi connectivity index (χ0v) is 27.7. The van der Waals surface area contributed by atoms with Gasteiger partial charge in [-0.25, -0.2) is 0 Å². The summed E-state index contributed by atoms with van der Waals surface area (Å²) in [7, 11) is 0.